The van der Waals surface area contributed by atoms with Crippen molar-refractivity contribution in [1.29, 1.82) is 0 Å². The van der Waals surface area contributed by atoms with Crippen molar-refractivity contribution < 1.29 is 13.2 Å². The van der Waals surface area contributed by atoms with Crippen LogP contribution in [-0.4, -0.2) is 44.3 Å². The van der Waals surface area contributed by atoms with Crippen LogP contribution in [0.1, 0.15) is 12.0 Å². The van der Waals surface area contributed by atoms with E-state index in [-0.39, 0.29) is 18.4 Å². The van der Waals surface area contributed by atoms with Crippen LogP contribution in [0.25, 0.3) is 0 Å². The monoisotopic (exact) mass is 307 g/mol. The molecule has 2 atom stereocenters. The summed E-state index contributed by atoms with van der Waals surface area (Å²) < 4.78 is 27.3. The Kier molecular flexibility index (Phi) is 2.85. The Morgan fingerprint density at radius 1 is 1.24 bits per heavy atom. The highest BCUT2D eigenvalue weighted by Gasteiger charge is 2.43. The van der Waals surface area contributed by atoms with E-state index in [1.165, 1.54) is 0 Å². The van der Waals surface area contributed by atoms with E-state index in [1.54, 1.807) is 22.5 Å². The zero-order chi connectivity index (χ0) is 14.6. The maximum absolute atomic E-state index is 12.9. The third-order valence-corrected chi connectivity index (χ3v) is 6.62. The van der Waals surface area contributed by atoms with E-state index >= 15 is 0 Å². The molecular formula is C14H17N3O3S. The minimum absolute atomic E-state index is 0.0722. The Morgan fingerprint density at radius 3 is 2.95 bits per heavy atom. The first-order chi connectivity index (χ1) is 10.1. The van der Waals surface area contributed by atoms with E-state index in [1.807, 2.05) is 0 Å². The molecule has 6 nitrogen and oxygen atoms in total. The lowest BCUT2D eigenvalue weighted by molar-refractivity contribution is -0.115. The van der Waals surface area contributed by atoms with Gasteiger partial charge in [-0.1, -0.05) is 0 Å². The van der Waals surface area contributed by atoms with Crippen molar-refractivity contribution in [1.82, 2.24) is 9.62 Å². The number of rotatable bonds is 2. The average molecular weight is 307 g/mol. The van der Waals surface area contributed by atoms with Gasteiger partial charge in [0.25, 0.3) is 0 Å². The zero-order valence-corrected chi connectivity index (χ0v) is 12.3. The van der Waals surface area contributed by atoms with Gasteiger partial charge in [0, 0.05) is 24.8 Å². The summed E-state index contributed by atoms with van der Waals surface area (Å²) in [7, 11) is -3.48. The van der Waals surface area contributed by atoms with Crippen molar-refractivity contribution in [3.8, 4) is 0 Å². The number of carbonyl (C=O) groups is 1. The predicted octanol–water partition coefficient (Wildman–Crippen LogP) is 0.164. The molecule has 7 heteroatoms. The SMILES string of the molecule is O=C1Cc2cc(S(=O)(=O)N3CC[C@H]4CNC[C@H]43)ccc2N1. The van der Waals surface area contributed by atoms with Crippen LogP contribution >= 0.6 is 0 Å². The molecule has 0 saturated carbocycles. The Morgan fingerprint density at radius 2 is 2.10 bits per heavy atom. The van der Waals surface area contributed by atoms with Gasteiger partial charge in [-0.25, -0.2) is 8.42 Å². The fourth-order valence-corrected chi connectivity index (χ4v) is 5.36. The highest BCUT2D eigenvalue weighted by atomic mass is 32.2. The standard InChI is InChI=1S/C14H17N3O3S/c18-14-6-10-5-11(1-2-12(10)16-14)21(19,20)17-4-3-9-7-15-8-13(9)17/h1-2,5,9,13,15H,3-4,6-8H2,(H,16,18)/t9-,13+/m0/s1. The molecule has 3 aliphatic heterocycles. The molecule has 1 amide bonds. The Bertz CT molecular complexity index is 716. The molecule has 2 fully saturated rings. The zero-order valence-electron chi connectivity index (χ0n) is 11.5. The largest absolute Gasteiger partial charge is 0.326 e. The second-order valence-electron chi connectivity index (χ2n) is 5.93. The number of carbonyl (C=O) groups excluding carboxylic acids is 1. The normalized spacial score (nSPS) is 28.5. The van der Waals surface area contributed by atoms with Gasteiger partial charge in [0.15, 0.2) is 0 Å². The molecule has 0 spiro atoms. The number of sulfonamides is 1. The van der Waals surface area contributed by atoms with Gasteiger partial charge < -0.3 is 10.6 Å². The van der Waals surface area contributed by atoms with Crippen LogP contribution < -0.4 is 10.6 Å². The molecule has 0 aromatic heterocycles. The molecule has 21 heavy (non-hydrogen) atoms. The number of amides is 1. The summed E-state index contributed by atoms with van der Waals surface area (Å²) in [6.45, 7) is 2.22. The molecule has 0 aliphatic carbocycles. The van der Waals surface area contributed by atoms with Crippen LogP contribution in [-0.2, 0) is 21.2 Å². The summed E-state index contributed by atoms with van der Waals surface area (Å²) in [5, 5.41) is 5.99. The average Bonchev–Trinajstić information content (AvgIpc) is 3.10. The number of hydrogen-bond acceptors (Lipinski definition) is 4. The Hall–Kier alpha value is -1.44. The number of hydrogen-bond donors (Lipinski definition) is 2. The number of benzene rings is 1. The minimum atomic E-state index is -3.48. The third kappa shape index (κ3) is 1.99. The molecule has 0 radical (unpaired) electrons. The lowest BCUT2D eigenvalue weighted by Crippen LogP contribution is -2.39. The summed E-state index contributed by atoms with van der Waals surface area (Å²) >= 11 is 0. The molecule has 0 bridgehead atoms. The van der Waals surface area contributed by atoms with E-state index in [9.17, 15) is 13.2 Å². The van der Waals surface area contributed by atoms with Crippen molar-refractivity contribution in [2.45, 2.75) is 23.8 Å². The quantitative estimate of drug-likeness (QED) is 0.816. The molecule has 1 aromatic carbocycles. The van der Waals surface area contributed by atoms with Gasteiger partial charge in [0.05, 0.1) is 11.3 Å². The molecule has 2 N–H and O–H groups in total. The van der Waals surface area contributed by atoms with Gasteiger partial charge in [-0.2, -0.15) is 4.31 Å². The van der Waals surface area contributed by atoms with Gasteiger partial charge >= 0.3 is 0 Å². The van der Waals surface area contributed by atoms with Crippen molar-refractivity contribution in [3.05, 3.63) is 23.8 Å². The van der Waals surface area contributed by atoms with E-state index < -0.39 is 10.0 Å². The predicted molar refractivity (Wildman–Crippen MR) is 77.4 cm³/mol. The summed E-state index contributed by atoms with van der Waals surface area (Å²) in [4.78, 5) is 11.7. The highest BCUT2D eigenvalue weighted by molar-refractivity contribution is 7.89. The van der Waals surface area contributed by atoms with Crippen LogP contribution in [0.2, 0.25) is 0 Å². The van der Waals surface area contributed by atoms with Gasteiger partial charge in [0.2, 0.25) is 15.9 Å². The third-order valence-electron chi connectivity index (χ3n) is 4.70. The fraction of sp³-hybridized carbons (Fsp3) is 0.500. The fourth-order valence-electron chi connectivity index (χ4n) is 3.61. The van der Waals surface area contributed by atoms with E-state index in [2.05, 4.69) is 10.6 Å². The van der Waals surface area contributed by atoms with Gasteiger partial charge in [-0.15, -0.1) is 0 Å². The smallest absolute Gasteiger partial charge is 0.243 e. The second kappa shape index (κ2) is 4.53. The first kappa shape index (κ1) is 13.2. The summed E-state index contributed by atoms with van der Waals surface area (Å²) in [6.07, 6.45) is 1.17. The molecule has 3 aliphatic rings. The summed E-state index contributed by atoms with van der Waals surface area (Å²) in [6, 6.07) is 4.99. The lowest BCUT2D eigenvalue weighted by atomic mass is 10.1. The molecule has 3 heterocycles. The van der Waals surface area contributed by atoms with Crippen LogP contribution in [0, 0.1) is 5.92 Å². The van der Waals surface area contributed by atoms with Crippen molar-refractivity contribution in [2.24, 2.45) is 5.92 Å². The number of nitrogens with zero attached hydrogens (tertiary/aromatic N) is 1. The van der Waals surface area contributed by atoms with Gasteiger partial charge in [-0.3, -0.25) is 4.79 Å². The first-order valence-electron chi connectivity index (χ1n) is 7.21. The summed E-state index contributed by atoms with van der Waals surface area (Å²) in [5.74, 6) is 0.346. The van der Waals surface area contributed by atoms with Crippen LogP contribution in [0.3, 0.4) is 0 Å². The number of nitrogens with one attached hydrogen (secondary N) is 2. The van der Waals surface area contributed by atoms with Gasteiger partial charge in [-0.05, 0) is 42.6 Å². The topological polar surface area (TPSA) is 78.5 Å². The molecule has 2 saturated heterocycles. The Balaban J connectivity index is 1.69. The van der Waals surface area contributed by atoms with E-state index in [4.69, 9.17) is 0 Å². The molecular weight excluding hydrogens is 290 g/mol. The second-order valence-corrected chi connectivity index (χ2v) is 7.82. The first-order valence-corrected chi connectivity index (χ1v) is 8.65. The maximum atomic E-state index is 12.9. The summed E-state index contributed by atoms with van der Waals surface area (Å²) in [5.41, 5.74) is 1.49. The maximum Gasteiger partial charge on any atom is 0.243 e. The van der Waals surface area contributed by atoms with Crippen LogP contribution in [0.5, 0.6) is 0 Å². The number of fused-ring (bicyclic) bond motifs is 2. The van der Waals surface area contributed by atoms with Crippen LogP contribution in [0.4, 0.5) is 5.69 Å². The van der Waals surface area contributed by atoms with Crippen molar-refractivity contribution in [3.63, 3.8) is 0 Å². The minimum Gasteiger partial charge on any atom is -0.326 e. The molecule has 0 unspecified atom stereocenters. The van der Waals surface area contributed by atoms with E-state index in [0.29, 0.717) is 17.4 Å². The van der Waals surface area contributed by atoms with E-state index in [0.717, 1.165) is 30.8 Å². The molecule has 4 rings (SSSR count). The lowest BCUT2D eigenvalue weighted by Gasteiger charge is -2.23. The Labute approximate surface area is 123 Å². The van der Waals surface area contributed by atoms with Crippen molar-refractivity contribution in [2.75, 3.05) is 25.0 Å². The van der Waals surface area contributed by atoms with Gasteiger partial charge in [0.1, 0.15) is 0 Å². The van der Waals surface area contributed by atoms with Crippen LogP contribution in [0.15, 0.2) is 23.1 Å². The molecule has 1 aromatic rings. The van der Waals surface area contributed by atoms with Crippen molar-refractivity contribution >= 4 is 21.6 Å². The highest BCUT2D eigenvalue weighted by Crippen LogP contribution is 2.34. The number of anilines is 1. The molecule has 112 valence electrons.